The lowest BCUT2D eigenvalue weighted by atomic mass is 10.3. The van der Waals surface area contributed by atoms with Gasteiger partial charge in [-0.15, -0.1) is 10.2 Å². The first kappa shape index (κ1) is 14.1. The van der Waals surface area contributed by atoms with Gasteiger partial charge in [-0.2, -0.15) is 0 Å². The molecule has 0 saturated heterocycles. The molecule has 112 valence electrons. The van der Waals surface area contributed by atoms with Gasteiger partial charge >= 0.3 is 5.97 Å². The van der Waals surface area contributed by atoms with Crippen LogP contribution in [0.1, 0.15) is 37.5 Å². The summed E-state index contributed by atoms with van der Waals surface area (Å²) in [6, 6.07) is 0.154. The monoisotopic (exact) mass is 307 g/mol. The largest absolute Gasteiger partial charge is 0.481 e. The van der Waals surface area contributed by atoms with Crippen molar-refractivity contribution in [3.63, 3.8) is 0 Å². The van der Waals surface area contributed by atoms with Crippen LogP contribution in [-0.4, -0.2) is 41.1 Å². The average Bonchev–Trinajstić information content (AvgIpc) is 2.99. The van der Waals surface area contributed by atoms with Crippen LogP contribution in [0.5, 0.6) is 0 Å². The van der Waals surface area contributed by atoms with Gasteiger partial charge in [0.05, 0.1) is 18.1 Å². The Balaban J connectivity index is 1.82. The number of hydrogen-bond acceptors (Lipinski definition) is 5. The molecule has 0 amide bonds. The van der Waals surface area contributed by atoms with E-state index in [-0.39, 0.29) is 11.8 Å². The van der Waals surface area contributed by atoms with Gasteiger partial charge < -0.3 is 14.2 Å². The van der Waals surface area contributed by atoms with Crippen LogP contribution >= 0.6 is 11.8 Å². The van der Waals surface area contributed by atoms with Gasteiger partial charge in [0.25, 0.3) is 0 Å². The van der Waals surface area contributed by atoms with Gasteiger partial charge in [0.2, 0.25) is 0 Å². The molecule has 0 aromatic carbocycles. The number of carbonyl (C=O) groups is 1. The second-order valence-corrected chi connectivity index (χ2v) is 6.22. The van der Waals surface area contributed by atoms with Gasteiger partial charge in [-0.05, 0) is 19.8 Å². The maximum absolute atomic E-state index is 10.8. The Morgan fingerprint density at radius 1 is 1.52 bits per heavy atom. The van der Waals surface area contributed by atoms with Gasteiger partial charge in [0.1, 0.15) is 5.82 Å². The summed E-state index contributed by atoms with van der Waals surface area (Å²) in [7, 11) is 0. The highest BCUT2D eigenvalue weighted by atomic mass is 32.2. The summed E-state index contributed by atoms with van der Waals surface area (Å²) in [4.78, 5) is 14.8. The second-order valence-electron chi connectivity index (χ2n) is 5.28. The molecule has 0 bridgehead atoms. The quantitative estimate of drug-likeness (QED) is 0.785. The summed E-state index contributed by atoms with van der Waals surface area (Å²) >= 11 is 1.23. The third-order valence-corrected chi connectivity index (χ3v) is 4.36. The zero-order chi connectivity index (χ0) is 14.8. The molecule has 1 unspecified atom stereocenters. The predicted molar refractivity (Wildman–Crippen MR) is 77.3 cm³/mol. The van der Waals surface area contributed by atoms with E-state index in [4.69, 9.17) is 5.11 Å². The van der Waals surface area contributed by atoms with Crippen LogP contribution in [-0.2, 0) is 11.3 Å². The van der Waals surface area contributed by atoms with Crippen molar-refractivity contribution >= 4 is 17.7 Å². The maximum Gasteiger partial charge on any atom is 0.313 e. The lowest BCUT2D eigenvalue weighted by Crippen LogP contribution is -2.16. The van der Waals surface area contributed by atoms with Crippen molar-refractivity contribution in [1.82, 2.24) is 24.3 Å². The topological polar surface area (TPSA) is 85.8 Å². The molecule has 1 aliphatic carbocycles. The van der Waals surface area contributed by atoms with Crippen LogP contribution in [0.2, 0.25) is 0 Å². The molecule has 1 atom stereocenters. The molecule has 0 spiro atoms. The van der Waals surface area contributed by atoms with Crippen molar-refractivity contribution < 1.29 is 9.90 Å². The number of nitrogens with zero attached hydrogens (tertiary/aromatic N) is 5. The van der Waals surface area contributed by atoms with Crippen LogP contribution in [0, 0.1) is 0 Å². The van der Waals surface area contributed by atoms with Crippen LogP contribution in [0.15, 0.2) is 23.9 Å². The molecule has 21 heavy (non-hydrogen) atoms. The van der Waals surface area contributed by atoms with Gasteiger partial charge in [0.15, 0.2) is 5.16 Å². The lowest BCUT2D eigenvalue weighted by molar-refractivity contribution is -0.133. The standard InChI is InChI=1S/C13H17N5O2S/c1-9(6-17-5-4-14-8-17)18-12(10-2-3-10)15-16-13(18)21-7-11(19)20/h4-5,8-10H,2-3,6-7H2,1H3,(H,19,20). The maximum atomic E-state index is 10.8. The SMILES string of the molecule is CC(Cn1ccnc1)n1c(SCC(=O)O)nnc1C1CC1. The number of rotatable bonds is 7. The molecule has 1 aliphatic rings. The molecular weight excluding hydrogens is 290 g/mol. The van der Waals surface area contributed by atoms with Gasteiger partial charge in [-0.3, -0.25) is 4.79 Å². The van der Waals surface area contributed by atoms with Crippen molar-refractivity contribution in [3.05, 3.63) is 24.5 Å². The van der Waals surface area contributed by atoms with Crippen molar-refractivity contribution in [2.24, 2.45) is 0 Å². The van der Waals surface area contributed by atoms with E-state index in [9.17, 15) is 4.79 Å². The molecule has 1 N–H and O–H groups in total. The zero-order valence-electron chi connectivity index (χ0n) is 11.7. The summed E-state index contributed by atoms with van der Waals surface area (Å²) < 4.78 is 4.10. The number of hydrogen-bond donors (Lipinski definition) is 1. The third-order valence-electron chi connectivity index (χ3n) is 3.43. The fraction of sp³-hybridized carbons (Fsp3) is 0.538. The fourth-order valence-corrected chi connectivity index (χ4v) is 3.09. The lowest BCUT2D eigenvalue weighted by Gasteiger charge is -2.18. The Morgan fingerprint density at radius 3 is 2.95 bits per heavy atom. The fourth-order valence-electron chi connectivity index (χ4n) is 2.33. The Labute approximate surface area is 126 Å². The highest BCUT2D eigenvalue weighted by molar-refractivity contribution is 7.99. The summed E-state index contributed by atoms with van der Waals surface area (Å²) in [6.45, 7) is 2.86. The van der Waals surface area contributed by atoms with Crippen molar-refractivity contribution in [1.29, 1.82) is 0 Å². The molecule has 0 radical (unpaired) electrons. The van der Waals surface area contributed by atoms with E-state index in [2.05, 4.69) is 26.7 Å². The Bertz CT molecular complexity index is 621. The molecule has 1 saturated carbocycles. The predicted octanol–water partition coefficient (Wildman–Crippen LogP) is 1.79. The van der Waals surface area contributed by atoms with E-state index in [1.54, 1.807) is 12.5 Å². The van der Waals surface area contributed by atoms with Gasteiger partial charge in [-0.1, -0.05) is 11.8 Å². The van der Waals surface area contributed by atoms with E-state index in [1.807, 2.05) is 10.8 Å². The van der Waals surface area contributed by atoms with Crippen LogP contribution in [0.25, 0.3) is 0 Å². The first-order valence-corrected chi connectivity index (χ1v) is 7.89. The Morgan fingerprint density at radius 2 is 2.33 bits per heavy atom. The minimum Gasteiger partial charge on any atom is -0.481 e. The Kier molecular flexibility index (Phi) is 3.96. The summed E-state index contributed by atoms with van der Waals surface area (Å²) in [5.41, 5.74) is 0. The van der Waals surface area contributed by atoms with Crippen LogP contribution in [0.4, 0.5) is 0 Å². The first-order chi connectivity index (χ1) is 10.1. The van der Waals surface area contributed by atoms with E-state index >= 15 is 0 Å². The normalized spacial score (nSPS) is 16.0. The first-order valence-electron chi connectivity index (χ1n) is 6.90. The van der Waals surface area contributed by atoms with Crippen LogP contribution < -0.4 is 0 Å². The van der Waals surface area contributed by atoms with Gasteiger partial charge in [-0.25, -0.2) is 4.98 Å². The van der Waals surface area contributed by atoms with Crippen LogP contribution in [0.3, 0.4) is 0 Å². The molecule has 2 aromatic heterocycles. The molecule has 1 fully saturated rings. The minimum absolute atomic E-state index is 0.000591. The molecule has 2 heterocycles. The van der Waals surface area contributed by atoms with E-state index in [0.717, 1.165) is 25.2 Å². The zero-order valence-corrected chi connectivity index (χ0v) is 12.5. The molecular formula is C13H17N5O2S. The van der Waals surface area contributed by atoms with Crippen molar-refractivity contribution in [3.8, 4) is 0 Å². The number of thioether (sulfide) groups is 1. The van der Waals surface area contributed by atoms with E-state index in [1.165, 1.54) is 11.8 Å². The van der Waals surface area contributed by atoms with E-state index < -0.39 is 5.97 Å². The highest BCUT2D eigenvalue weighted by Gasteiger charge is 2.32. The molecule has 2 aromatic rings. The van der Waals surface area contributed by atoms with Crippen molar-refractivity contribution in [2.45, 2.75) is 43.4 Å². The number of imidazole rings is 1. The average molecular weight is 307 g/mol. The number of aromatic nitrogens is 5. The Hall–Kier alpha value is -1.83. The number of aliphatic carboxylic acids is 1. The van der Waals surface area contributed by atoms with Gasteiger partial charge in [0, 0.05) is 24.9 Å². The summed E-state index contributed by atoms with van der Waals surface area (Å²) in [5, 5.41) is 18.0. The summed E-state index contributed by atoms with van der Waals surface area (Å²) in [6.07, 6.45) is 7.73. The number of carboxylic acid groups (broad SMARTS) is 1. The summed E-state index contributed by atoms with van der Waals surface area (Å²) in [5.74, 6) is 0.614. The second kappa shape index (κ2) is 5.88. The van der Waals surface area contributed by atoms with E-state index in [0.29, 0.717) is 11.1 Å². The highest BCUT2D eigenvalue weighted by Crippen LogP contribution is 2.41. The van der Waals surface area contributed by atoms with Crippen molar-refractivity contribution in [2.75, 3.05) is 5.75 Å². The third kappa shape index (κ3) is 3.26. The number of carboxylic acids is 1. The minimum atomic E-state index is -0.843. The molecule has 0 aliphatic heterocycles. The molecule has 8 heteroatoms. The smallest absolute Gasteiger partial charge is 0.313 e. The molecule has 3 rings (SSSR count). The molecule has 7 nitrogen and oxygen atoms in total.